The number of pyridine rings is 1. The molecule has 1 heterocycles. The topological polar surface area (TPSA) is 48.4 Å². The zero-order valence-electron chi connectivity index (χ0n) is 8.97. The molecule has 1 unspecified atom stereocenters. The van der Waals surface area contributed by atoms with Crippen molar-refractivity contribution >= 4 is 5.97 Å². The highest BCUT2D eigenvalue weighted by Gasteiger charge is 2.07. The average Bonchev–Trinajstić information content (AvgIpc) is 2.29. The van der Waals surface area contributed by atoms with E-state index >= 15 is 0 Å². The van der Waals surface area contributed by atoms with Gasteiger partial charge in [-0.2, -0.15) is 4.89 Å². The second-order valence-corrected chi connectivity index (χ2v) is 3.28. The SMILES string of the molecule is CCC(=O)OOCC(C)c1ccncc1. The van der Waals surface area contributed by atoms with Gasteiger partial charge in [-0.3, -0.25) is 9.87 Å². The highest BCUT2D eigenvalue weighted by Crippen LogP contribution is 2.13. The zero-order chi connectivity index (χ0) is 11.1. The molecule has 0 spiro atoms. The van der Waals surface area contributed by atoms with Gasteiger partial charge in [0.05, 0.1) is 0 Å². The first-order valence-corrected chi connectivity index (χ1v) is 4.96. The van der Waals surface area contributed by atoms with Crippen LogP contribution in [0.5, 0.6) is 0 Å². The Kier molecular flexibility index (Phi) is 4.77. The molecule has 0 N–H and O–H groups in total. The van der Waals surface area contributed by atoms with Crippen LogP contribution in [0.25, 0.3) is 0 Å². The number of aromatic nitrogens is 1. The lowest BCUT2D eigenvalue weighted by Gasteiger charge is -2.10. The third kappa shape index (κ3) is 4.08. The number of carbonyl (C=O) groups excluding carboxylic acids is 1. The maximum atomic E-state index is 10.8. The van der Waals surface area contributed by atoms with Crippen molar-refractivity contribution in [2.75, 3.05) is 6.61 Å². The van der Waals surface area contributed by atoms with Gasteiger partial charge in [-0.05, 0) is 17.7 Å². The summed E-state index contributed by atoms with van der Waals surface area (Å²) in [5, 5.41) is 0. The van der Waals surface area contributed by atoms with Crippen molar-refractivity contribution in [3.05, 3.63) is 30.1 Å². The highest BCUT2D eigenvalue weighted by molar-refractivity contribution is 5.68. The molecule has 0 aliphatic rings. The van der Waals surface area contributed by atoms with Crippen LogP contribution in [0.4, 0.5) is 0 Å². The smallest absolute Gasteiger partial charge is 0.298 e. The van der Waals surface area contributed by atoms with Crippen LogP contribution in [0, 0.1) is 0 Å². The third-order valence-electron chi connectivity index (χ3n) is 2.03. The van der Waals surface area contributed by atoms with E-state index in [1.165, 1.54) is 0 Å². The summed E-state index contributed by atoms with van der Waals surface area (Å²) >= 11 is 0. The molecule has 0 saturated heterocycles. The Labute approximate surface area is 89.2 Å². The summed E-state index contributed by atoms with van der Waals surface area (Å²) < 4.78 is 0. The van der Waals surface area contributed by atoms with E-state index in [1.54, 1.807) is 19.3 Å². The minimum atomic E-state index is -0.350. The van der Waals surface area contributed by atoms with Gasteiger partial charge in [-0.15, -0.1) is 0 Å². The van der Waals surface area contributed by atoms with Gasteiger partial charge in [0.25, 0.3) is 0 Å². The maximum Gasteiger partial charge on any atom is 0.342 e. The monoisotopic (exact) mass is 209 g/mol. The van der Waals surface area contributed by atoms with Gasteiger partial charge in [0, 0.05) is 24.7 Å². The average molecular weight is 209 g/mol. The molecule has 1 aromatic heterocycles. The molecule has 1 aromatic rings. The lowest BCUT2D eigenvalue weighted by molar-refractivity contribution is -0.273. The molecule has 0 aliphatic carbocycles. The minimum Gasteiger partial charge on any atom is -0.298 e. The van der Waals surface area contributed by atoms with Crippen molar-refractivity contribution in [3.63, 3.8) is 0 Å². The Morgan fingerprint density at radius 1 is 1.47 bits per heavy atom. The molecule has 0 bridgehead atoms. The van der Waals surface area contributed by atoms with Crippen molar-refractivity contribution in [2.24, 2.45) is 0 Å². The number of hydrogen-bond donors (Lipinski definition) is 0. The van der Waals surface area contributed by atoms with Crippen LogP contribution in [0.2, 0.25) is 0 Å². The second kappa shape index (κ2) is 6.14. The van der Waals surface area contributed by atoms with E-state index < -0.39 is 0 Å². The van der Waals surface area contributed by atoms with Gasteiger partial charge in [-0.25, -0.2) is 4.79 Å². The molecule has 4 heteroatoms. The Hall–Kier alpha value is -1.42. The zero-order valence-corrected chi connectivity index (χ0v) is 8.97. The predicted molar refractivity (Wildman–Crippen MR) is 55.0 cm³/mol. The van der Waals surface area contributed by atoms with Crippen LogP contribution in [0.15, 0.2) is 24.5 Å². The summed E-state index contributed by atoms with van der Waals surface area (Å²) in [7, 11) is 0. The molecule has 4 nitrogen and oxygen atoms in total. The van der Waals surface area contributed by atoms with Gasteiger partial charge in [0.2, 0.25) is 0 Å². The van der Waals surface area contributed by atoms with E-state index in [-0.39, 0.29) is 11.9 Å². The first-order chi connectivity index (χ1) is 7.24. The predicted octanol–water partition coefficient (Wildman–Crippen LogP) is 2.07. The molecule has 0 radical (unpaired) electrons. The van der Waals surface area contributed by atoms with Crippen LogP contribution in [0.3, 0.4) is 0 Å². The number of carbonyl (C=O) groups is 1. The summed E-state index contributed by atoms with van der Waals surface area (Å²) in [5.41, 5.74) is 1.11. The first-order valence-electron chi connectivity index (χ1n) is 4.96. The number of nitrogens with zero attached hydrogens (tertiary/aromatic N) is 1. The van der Waals surface area contributed by atoms with Crippen LogP contribution in [-0.2, 0) is 14.6 Å². The molecule has 1 rings (SSSR count). The maximum absolute atomic E-state index is 10.8. The third-order valence-corrected chi connectivity index (χ3v) is 2.03. The van der Waals surface area contributed by atoms with Crippen molar-refractivity contribution in [2.45, 2.75) is 26.2 Å². The molecule has 15 heavy (non-hydrogen) atoms. The van der Waals surface area contributed by atoms with E-state index in [0.717, 1.165) is 5.56 Å². The van der Waals surface area contributed by atoms with Gasteiger partial charge in [0.15, 0.2) is 0 Å². The van der Waals surface area contributed by atoms with Crippen LogP contribution in [-0.4, -0.2) is 17.6 Å². The van der Waals surface area contributed by atoms with Gasteiger partial charge < -0.3 is 0 Å². The largest absolute Gasteiger partial charge is 0.342 e. The minimum absolute atomic E-state index is 0.178. The standard InChI is InChI=1S/C11H15NO3/c1-3-11(13)15-14-8-9(2)10-4-6-12-7-5-10/h4-7,9H,3,8H2,1-2H3. The normalized spacial score (nSPS) is 12.1. The lowest BCUT2D eigenvalue weighted by atomic mass is 10.0. The molecule has 1 atom stereocenters. The van der Waals surface area contributed by atoms with E-state index in [1.807, 2.05) is 19.1 Å². The van der Waals surface area contributed by atoms with E-state index in [2.05, 4.69) is 9.87 Å². The molecule has 82 valence electrons. The van der Waals surface area contributed by atoms with Gasteiger partial charge in [-0.1, -0.05) is 13.8 Å². The summed E-state index contributed by atoms with van der Waals surface area (Å²) in [6.07, 6.45) is 3.78. The number of hydrogen-bond acceptors (Lipinski definition) is 4. The van der Waals surface area contributed by atoms with E-state index in [9.17, 15) is 4.79 Å². The fraction of sp³-hybridized carbons (Fsp3) is 0.455. The molecule has 0 aromatic carbocycles. The molecular formula is C11H15NO3. The highest BCUT2D eigenvalue weighted by atomic mass is 17.2. The van der Waals surface area contributed by atoms with Gasteiger partial charge >= 0.3 is 5.97 Å². The fourth-order valence-electron chi connectivity index (χ4n) is 1.05. The Morgan fingerprint density at radius 3 is 2.73 bits per heavy atom. The Morgan fingerprint density at radius 2 is 2.13 bits per heavy atom. The molecule has 0 amide bonds. The first kappa shape index (κ1) is 11.7. The molecule has 0 fully saturated rings. The summed E-state index contributed by atoms with van der Waals surface area (Å²) in [4.78, 5) is 24.1. The van der Waals surface area contributed by atoms with E-state index in [0.29, 0.717) is 13.0 Å². The summed E-state index contributed by atoms with van der Waals surface area (Å²) in [6, 6.07) is 3.82. The molecule has 0 saturated carbocycles. The summed E-state index contributed by atoms with van der Waals surface area (Å²) in [6.45, 7) is 4.07. The number of rotatable bonds is 5. The van der Waals surface area contributed by atoms with Crippen LogP contribution >= 0.6 is 0 Å². The van der Waals surface area contributed by atoms with Crippen molar-refractivity contribution in [1.82, 2.24) is 4.98 Å². The van der Waals surface area contributed by atoms with Crippen molar-refractivity contribution in [1.29, 1.82) is 0 Å². The van der Waals surface area contributed by atoms with Gasteiger partial charge in [0.1, 0.15) is 6.61 Å². The fourth-order valence-corrected chi connectivity index (χ4v) is 1.05. The van der Waals surface area contributed by atoms with E-state index in [4.69, 9.17) is 4.89 Å². The molecule has 0 aliphatic heterocycles. The quantitative estimate of drug-likeness (QED) is 0.550. The summed E-state index contributed by atoms with van der Waals surface area (Å²) in [5.74, 6) is -0.172. The Balaban J connectivity index is 2.31. The lowest BCUT2D eigenvalue weighted by Crippen LogP contribution is -2.09. The van der Waals surface area contributed by atoms with Crippen molar-refractivity contribution < 1.29 is 14.6 Å². The van der Waals surface area contributed by atoms with Crippen molar-refractivity contribution in [3.8, 4) is 0 Å². The van der Waals surface area contributed by atoms with Crippen LogP contribution < -0.4 is 0 Å². The molecular weight excluding hydrogens is 194 g/mol. The van der Waals surface area contributed by atoms with Crippen LogP contribution in [0.1, 0.15) is 31.7 Å². The second-order valence-electron chi connectivity index (χ2n) is 3.28. The Bertz CT molecular complexity index is 300.